The molecular formula is C30H27NO4. The van der Waals surface area contributed by atoms with Gasteiger partial charge in [0.05, 0.1) is 17.9 Å². The van der Waals surface area contributed by atoms with Crippen LogP contribution in [-0.2, 0) is 16.1 Å². The second-order valence-electron chi connectivity index (χ2n) is 8.82. The molecule has 5 heteroatoms. The van der Waals surface area contributed by atoms with Crippen LogP contribution in [0.4, 0.5) is 0 Å². The molecule has 1 aliphatic heterocycles. The molecule has 0 amide bonds. The monoisotopic (exact) mass is 465 g/mol. The molecule has 0 spiro atoms. The van der Waals surface area contributed by atoms with E-state index in [0.717, 1.165) is 28.1 Å². The van der Waals surface area contributed by atoms with Crippen molar-refractivity contribution in [3.05, 3.63) is 117 Å². The van der Waals surface area contributed by atoms with Crippen molar-refractivity contribution in [3.8, 4) is 5.75 Å². The number of allylic oxidation sites excluding steroid dienone is 2. The number of aryl methyl sites for hydroxylation is 1. The average Bonchev–Trinajstić information content (AvgIpc) is 3.15. The maximum atomic E-state index is 13.5. The SMILES string of the molecule is CCOC(=O)C1=C(C)NC2=C(C(=O)c3ccccc32)[C@@H]1c1ccc(OCc2ccc(C)cc2)cc1. The van der Waals surface area contributed by atoms with Crippen molar-refractivity contribution in [1.29, 1.82) is 0 Å². The highest BCUT2D eigenvalue weighted by atomic mass is 16.5. The van der Waals surface area contributed by atoms with Crippen LogP contribution in [-0.4, -0.2) is 18.4 Å². The fraction of sp³-hybridized carbons (Fsp3) is 0.200. The van der Waals surface area contributed by atoms with Gasteiger partial charge in [0.2, 0.25) is 0 Å². The molecular weight excluding hydrogens is 438 g/mol. The number of ketones is 1. The Bertz CT molecular complexity index is 1360. The number of carbonyl (C=O) groups is 2. The second-order valence-corrected chi connectivity index (χ2v) is 8.82. The highest BCUT2D eigenvalue weighted by Gasteiger charge is 2.42. The lowest BCUT2D eigenvalue weighted by atomic mass is 9.80. The Morgan fingerprint density at radius 2 is 1.60 bits per heavy atom. The Labute approximate surface area is 205 Å². The number of dihydropyridines is 1. The molecule has 1 aliphatic carbocycles. The summed E-state index contributed by atoms with van der Waals surface area (Å²) < 4.78 is 11.4. The third-order valence-electron chi connectivity index (χ3n) is 6.48. The van der Waals surface area contributed by atoms with Crippen LogP contribution in [0.5, 0.6) is 5.75 Å². The van der Waals surface area contributed by atoms with Gasteiger partial charge < -0.3 is 14.8 Å². The van der Waals surface area contributed by atoms with Crippen molar-refractivity contribution < 1.29 is 19.1 Å². The van der Waals surface area contributed by atoms with Crippen molar-refractivity contribution in [2.75, 3.05) is 6.61 Å². The number of fused-ring (bicyclic) bond motifs is 2. The molecule has 1 heterocycles. The molecule has 0 aromatic heterocycles. The molecule has 0 radical (unpaired) electrons. The fourth-order valence-corrected chi connectivity index (χ4v) is 4.75. The van der Waals surface area contributed by atoms with Crippen molar-refractivity contribution in [2.24, 2.45) is 0 Å². The number of Topliss-reactive ketones (excluding diaryl/α,β-unsaturated/α-hetero) is 1. The Morgan fingerprint density at radius 1 is 0.914 bits per heavy atom. The van der Waals surface area contributed by atoms with Gasteiger partial charge >= 0.3 is 5.97 Å². The van der Waals surface area contributed by atoms with Crippen LogP contribution >= 0.6 is 0 Å². The van der Waals surface area contributed by atoms with Crippen LogP contribution in [0.25, 0.3) is 5.70 Å². The van der Waals surface area contributed by atoms with Crippen LogP contribution in [0.15, 0.2) is 89.6 Å². The van der Waals surface area contributed by atoms with Gasteiger partial charge in [0.15, 0.2) is 5.78 Å². The molecule has 3 aromatic carbocycles. The van der Waals surface area contributed by atoms with Crippen LogP contribution in [0.3, 0.4) is 0 Å². The van der Waals surface area contributed by atoms with Gasteiger partial charge in [-0.05, 0) is 44.0 Å². The number of esters is 1. The van der Waals surface area contributed by atoms with Gasteiger partial charge in [0.1, 0.15) is 12.4 Å². The summed E-state index contributed by atoms with van der Waals surface area (Å²) in [6.45, 7) is 6.41. The van der Waals surface area contributed by atoms with Gasteiger partial charge in [-0.25, -0.2) is 4.79 Å². The molecule has 0 saturated carbocycles. The predicted octanol–water partition coefficient (Wildman–Crippen LogP) is 5.71. The van der Waals surface area contributed by atoms with Gasteiger partial charge in [0.25, 0.3) is 0 Å². The normalized spacial score (nSPS) is 16.5. The smallest absolute Gasteiger partial charge is 0.336 e. The quantitative estimate of drug-likeness (QED) is 0.473. The van der Waals surface area contributed by atoms with E-state index in [-0.39, 0.29) is 12.4 Å². The minimum atomic E-state index is -0.531. The molecule has 0 fully saturated rings. The number of rotatable bonds is 6. The van der Waals surface area contributed by atoms with Crippen LogP contribution < -0.4 is 10.1 Å². The maximum absolute atomic E-state index is 13.5. The van der Waals surface area contributed by atoms with E-state index in [1.54, 1.807) is 6.92 Å². The molecule has 176 valence electrons. The Morgan fingerprint density at radius 3 is 2.29 bits per heavy atom. The van der Waals surface area contributed by atoms with E-state index in [0.29, 0.717) is 29.0 Å². The van der Waals surface area contributed by atoms with Crippen molar-refractivity contribution in [3.63, 3.8) is 0 Å². The second kappa shape index (κ2) is 9.26. The van der Waals surface area contributed by atoms with E-state index in [2.05, 4.69) is 36.5 Å². The predicted molar refractivity (Wildman–Crippen MR) is 135 cm³/mol. The van der Waals surface area contributed by atoms with Gasteiger partial charge in [-0.1, -0.05) is 66.2 Å². The summed E-state index contributed by atoms with van der Waals surface area (Å²) in [4.78, 5) is 26.5. The molecule has 3 aromatic rings. The highest BCUT2D eigenvalue weighted by molar-refractivity contribution is 6.23. The summed E-state index contributed by atoms with van der Waals surface area (Å²) in [5.74, 6) is -0.298. The lowest BCUT2D eigenvalue weighted by Gasteiger charge is -2.29. The maximum Gasteiger partial charge on any atom is 0.336 e. The van der Waals surface area contributed by atoms with E-state index in [1.807, 2.05) is 55.5 Å². The summed E-state index contributed by atoms with van der Waals surface area (Å²) in [6.07, 6.45) is 0. The van der Waals surface area contributed by atoms with Crippen LogP contribution in [0.2, 0.25) is 0 Å². The molecule has 1 atom stereocenters. The van der Waals surface area contributed by atoms with E-state index < -0.39 is 11.9 Å². The van der Waals surface area contributed by atoms with Gasteiger partial charge in [-0.3, -0.25) is 4.79 Å². The zero-order chi connectivity index (χ0) is 24.5. The van der Waals surface area contributed by atoms with Crippen LogP contribution in [0.1, 0.15) is 52.4 Å². The number of nitrogens with one attached hydrogen (secondary N) is 1. The average molecular weight is 466 g/mol. The minimum Gasteiger partial charge on any atom is -0.489 e. The van der Waals surface area contributed by atoms with Gasteiger partial charge in [0, 0.05) is 28.3 Å². The molecule has 35 heavy (non-hydrogen) atoms. The molecule has 2 aliphatic rings. The van der Waals surface area contributed by atoms with Crippen molar-refractivity contribution in [2.45, 2.75) is 33.3 Å². The van der Waals surface area contributed by atoms with E-state index >= 15 is 0 Å². The molecule has 5 nitrogen and oxygen atoms in total. The largest absolute Gasteiger partial charge is 0.489 e. The minimum absolute atomic E-state index is 0.0675. The lowest BCUT2D eigenvalue weighted by molar-refractivity contribution is -0.138. The fourth-order valence-electron chi connectivity index (χ4n) is 4.75. The topological polar surface area (TPSA) is 64.6 Å². The van der Waals surface area contributed by atoms with Crippen molar-refractivity contribution >= 4 is 17.4 Å². The molecule has 0 bridgehead atoms. The number of ether oxygens (including phenoxy) is 2. The van der Waals surface area contributed by atoms with Gasteiger partial charge in [-0.2, -0.15) is 0 Å². The number of benzene rings is 3. The summed E-state index contributed by atoms with van der Waals surface area (Å²) in [5, 5.41) is 3.32. The first kappa shape index (κ1) is 22.7. The van der Waals surface area contributed by atoms with Crippen molar-refractivity contribution in [1.82, 2.24) is 5.32 Å². The Hall–Kier alpha value is -4.12. The Balaban J connectivity index is 1.49. The molecule has 5 rings (SSSR count). The standard InChI is InChI=1S/C30H27NO4/c1-4-34-30(33)25-19(3)31-28-23-7-5-6-8-24(23)29(32)27(28)26(25)21-13-15-22(16-14-21)35-17-20-11-9-18(2)10-12-20/h5-16,26,31H,4,17H2,1-3H3/t26-/m1/s1. The summed E-state index contributed by atoms with van der Waals surface area (Å²) in [5.41, 5.74) is 7.13. The van der Waals surface area contributed by atoms with Gasteiger partial charge in [-0.15, -0.1) is 0 Å². The zero-order valence-corrected chi connectivity index (χ0v) is 20.1. The number of hydrogen-bond donors (Lipinski definition) is 1. The van der Waals surface area contributed by atoms with E-state index in [1.165, 1.54) is 5.56 Å². The lowest BCUT2D eigenvalue weighted by Crippen LogP contribution is -2.29. The summed E-state index contributed by atoms with van der Waals surface area (Å²) in [7, 11) is 0. The first-order valence-electron chi connectivity index (χ1n) is 11.8. The molecule has 0 saturated heterocycles. The molecule has 1 N–H and O–H groups in total. The summed E-state index contributed by atoms with van der Waals surface area (Å²) in [6, 6.07) is 23.4. The number of hydrogen-bond acceptors (Lipinski definition) is 5. The van der Waals surface area contributed by atoms with E-state index in [4.69, 9.17) is 9.47 Å². The first-order chi connectivity index (χ1) is 17.0. The zero-order valence-electron chi connectivity index (χ0n) is 20.1. The van der Waals surface area contributed by atoms with Crippen LogP contribution in [0, 0.1) is 6.92 Å². The molecule has 0 unspecified atom stereocenters. The highest BCUT2D eigenvalue weighted by Crippen LogP contribution is 2.46. The third kappa shape index (κ3) is 4.14. The first-order valence-corrected chi connectivity index (χ1v) is 11.8. The summed E-state index contributed by atoms with van der Waals surface area (Å²) >= 11 is 0. The Kier molecular flexibility index (Phi) is 6.00. The third-order valence-corrected chi connectivity index (χ3v) is 6.48. The van der Waals surface area contributed by atoms with E-state index in [9.17, 15) is 9.59 Å². The number of carbonyl (C=O) groups excluding carboxylic acids is 2.